The van der Waals surface area contributed by atoms with Crippen LogP contribution in [-0.4, -0.2) is 12.3 Å². The van der Waals surface area contributed by atoms with E-state index in [4.69, 9.17) is 0 Å². The molecule has 0 unspecified atom stereocenters. The Bertz CT molecular complexity index is 168. The van der Waals surface area contributed by atoms with Crippen LogP contribution in [0.3, 0.4) is 0 Å². The van der Waals surface area contributed by atoms with Crippen molar-refractivity contribution in [2.75, 3.05) is 0 Å². The molecule has 0 heterocycles. The van der Waals surface area contributed by atoms with Gasteiger partial charge >= 0.3 is 5.97 Å². The van der Waals surface area contributed by atoms with Gasteiger partial charge in [0, 0.05) is 6.08 Å². The lowest BCUT2D eigenvalue weighted by Gasteiger charge is -1.91. The fourth-order valence-electron chi connectivity index (χ4n) is 0.554. The normalized spacial score (nSPS) is 17.2. The van der Waals surface area contributed by atoms with Gasteiger partial charge in [0.25, 0.3) is 0 Å². The van der Waals surface area contributed by atoms with Crippen LogP contribution in [0.25, 0.3) is 0 Å². The van der Waals surface area contributed by atoms with Crippen LogP contribution in [0.2, 0.25) is 0 Å². The molecule has 0 aromatic carbocycles. The number of allylic oxidation sites excluding steroid dienone is 1. The molecule has 0 amide bonds. The molecule has 0 aromatic rings. The standard InChI is InChI=1S/C7H8O3/c8-4-1-5-10-7(9)6-2-3-6/h1,4-6H,2-3H2/b5-1+. The van der Waals surface area contributed by atoms with Crippen molar-refractivity contribution in [1.82, 2.24) is 0 Å². The minimum atomic E-state index is -0.224. The predicted molar refractivity (Wildman–Crippen MR) is 34.0 cm³/mol. The van der Waals surface area contributed by atoms with Crippen molar-refractivity contribution in [1.29, 1.82) is 0 Å². The Morgan fingerprint density at radius 2 is 2.20 bits per heavy atom. The first-order valence-electron chi connectivity index (χ1n) is 3.15. The molecular weight excluding hydrogens is 132 g/mol. The molecule has 1 fully saturated rings. The molecule has 54 valence electrons. The average Bonchev–Trinajstić information content (AvgIpc) is 2.69. The highest BCUT2D eigenvalue weighted by Crippen LogP contribution is 2.29. The van der Waals surface area contributed by atoms with Crippen molar-refractivity contribution in [2.45, 2.75) is 12.8 Å². The van der Waals surface area contributed by atoms with E-state index in [1.807, 2.05) is 0 Å². The summed E-state index contributed by atoms with van der Waals surface area (Å²) in [5.74, 6) is -0.130. The van der Waals surface area contributed by atoms with Crippen LogP contribution in [0.1, 0.15) is 12.8 Å². The number of hydrogen-bond acceptors (Lipinski definition) is 3. The Hall–Kier alpha value is -1.12. The van der Waals surface area contributed by atoms with E-state index >= 15 is 0 Å². The lowest BCUT2D eigenvalue weighted by molar-refractivity contribution is -0.139. The lowest BCUT2D eigenvalue weighted by Crippen LogP contribution is -2.00. The van der Waals surface area contributed by atoms with Gasteiger partial charge < -0.3 is 4.74 Å². The van der Waals surface area contributed by atoms with Crippen molar-refractivity contribution in [3.8, 4) is 0 Å². The van der Waals surface area contributed by atoms with Crippen LogP contribution in [0.15, 0.2) is 12.3 Å². The number of ether oxygens (including phenoxy) is 1. The lowest BCUT2D eigenvalue weighted by atomic mass is 10.4. The molecule has 3 nitrogen and oxygen atoms in total. The quantitative estimate of drug-likeness (QED) is 0.250. The number of hydrogen-bond donors (Lipinski definition) is 0. The molecule has 0 aromatic heterocycles. The van der Waals surface area contributed by atoms with Crippen LogP contribution < -0.4 is 0 Å². The SMILES string of the molecule is O=C/C=C/OC(=O)C1CC1. The van der Waals surface area contributed by atoms with Crippen LogP contribution in [0, 0.1) is 5.92 Å². The Labute approximate surface area is 58.7 Å². The van der Waals surface area contributed by atoms with E-state index in [1.165, 1.54) is 0 Å². The minimum Gasteiger partial charge on any atom is -0.434 e. The number of esters is 1. The fraction of sp³-hybridized carbons (Fsp3) is 0.429. The Kier molecular flexibility index (Phi) is 2.20. The smallest absolute Gasteiger partial charge is 0.313 e. The third kappa shape index (κ3) is 2.01. The Morgan fingerprint density at radius 3 is 2.70 bits per heavy atom. The molecule has 0 atom stereocenters. The van der Waals surface area contributed by atoms with Gasteiger partial charge in [0.1, 0.15) is 6.29 Å². The average molecular weight is 140 g/mol. The third-order valence-corrected chi connectivity index (χ3v) is 1.25. The number of rotatable bonds is 3. The fourth-order valence-corrected chi connectivity index (χ4v) is 0.554. The van der Waals surface area contributed by atoms with Gasteiger partial charge in [0.05, 0.1) is 12.2 Å². The van der Waals surface area contributed by atoms with Crippen LogP contribution in [0.5, 0.6) is 0 Å². The third-order valence-electron chi connectivity index (χ3n) is 1.25. The van der Waals surface area contributed by atoms with E-state index in [1.54, 1.807) is 0 Å². The predicted octanol–water partition coefficient (Wildman–Crippen LogP) is 0.652. The van der Waals surface area contributed by atoms with Gasteiger partial charge in [-0.05, 0) is 12.8 Å². The molecule has 1 saturated carbocycles. The van der Waals surface area contributed by atoms with Gasteiger partial charge in [-0.2, -0.15) is 0 Å². The van der Waals surface area contributed by atoms with Crippen LogP contribution in [0.4, 0.5) is 0 Å². The van der Waals surface area contributed by atoms with Gasteiger partial charge in [0.2, 0.25) is 0 Å². The highest BCUT2D eigenvalue weighted by atomic mass is 16.5. The first-order valence-corrected chi connectivity index (χ1v) is 3.15. The number of aldehydes is 1. The minimum absolute atomic E-state index is 0.0938. The summed E-state index contributed by atoms with van der Waals surface area (Å²) in [6, 6.07) is 0. The van der Waals surface area contributed by atoms with Gasteiger partial charge in [-0.3, -0.25) is 9.59 Å². The summed E-state index contributed by atoms with van der Waals surface area (Å²) >= 11 is 0. The first-order chi connectivity index (χ1) is 4.84. The first kappa shape index (κ1) is 6.99. The van der Waals surface area contributed by atoms with Crippen LogP contribution >= 0.6 is 0 Å². The summed E-state index contributed by atoms with van der Waals surface area (Å²) in [6.45, 7) is 0. The highest BCUT2D eigenvalue weighted by Gasteiger charge is 2.30. The zero-order valence-corrected chi connectivity index (χ0v) is 5.45. The molecule has 0 bridgehead atoms. The second kappa shape index (κ2) is 3.15. The van der Waals surface area contributed by atoms with Gasteiger partial charge in [0.15, 0.2) is 0 Å². The van der Waals surface area contributed by atoms with Crippen molar-refractivity contribution < 1.29 is 14.3 Å². The molecule has 10 heavy (non-hydrogen) atoms. The summed E-state index contributed by atoms with van der Waals surface area (Å²) in [4.78, 5) is 20.4. The highest BCUT2D eigenvalue weighted by molar-refractivity contribution is 5.76. The molecule has 1 aliphatic rings. The Balaban J connectivity index is 2.17. The number of carbonyl (C=O) groups is 2. The molecule has 0 saturated heterocycles. The van der Waals surface area contributed by atoms with E-state index in [0.29, 0.717) is 6.29 Å². The zero-order valence-electron chi connectivity index (χ0n) is 5.45. The van der Waals surface area contributed by atoms with Crippen molar-refractivity contribution in [2.24, 2.45) is 5.92 Å². The van der Waals surface area contributed by atoms with Crippen LogP contribution in [-0.2, 0) is 14.3 Å². The maximum atomic E-state index is 10.7. The molecule has 1 rings (SSSR count). The Morgan fingerprint density at radius 1 is 1.50 bits per heavy atom. The number of carbonyl (C=O) groups excluding carboxylic acids is 2. The monoisotopic (exact) mass is 140 g/mol. The van der Waals surface area contributed by atoms with Gasteiger partial charge in [-0.1, -0.05) is 0 Å². The van der Waals surface area contributed by atoms with E-state index in [9.17, 15) is 9.59 Å². The van der Waals surface area contributed by atoms with E-state index < -0.39 is 0 Å². The summed E-state index contributed by atoms with van der Waals surface area (Å²) in [6.07, 6.45) is 4.69. The molecular formula is C7H8O3. The topological polar surface area (TPSA) is 43.4 Å². The molecule has 0 radical (unpaired) electrons. The maximum absolute atomic E-state index is 10.7. The second-order valence-electron chi connectivity index (χ2n) is 2.18. The molecule has 0 spiro atoms. The summed E-state index contributed by atoms with van der Waals surface area (Å²) < 4.78 is 4.56. The van der Waals surface area contributed by atoms with Crippen molar-refractivity contribution in [3.63, 3.8) is 0 Å². The maximum Gasteiger partial charge on any atom is 0.313 e. The largest absolute Gasteiger partial charge is 0.434 e. The van der Waals surface area contributed by atoms with Crippen molar-refractivity contribution >= 4 is 12.3 Å². The summed E-state index contributed by atoms with van der Waals surface area (Å²) in [5.41, 5.74) is 0. The van der Waals surface area contributed by atoms with Crippen molar-refractivity contribution in [3.05, 3.63) is 12.3 Å². The molecule has 3 heteroatoms. The van der Waals surface area contributed by atoms with Gasteiger partial charge in [-0.25, -0.2) is 0 Å². The molecule has 0 N–H and O–H groups in total. The molecule has 0 aliphatic heterocycles. The van der Waals surface area contributed by atoms with E-state index in [2.05, 4.69) is 4.74 Å². The summed E-state index contributed by atoms with van der Waals surface area (Å²) in [7, 11) is 0. The second-order valence-corrected chi connectivity index (χ2v) is 2.18. The summed E-state index contributed by atoms with van der Waals surface area (Å²) in [5, 5.41) is 0. The zero-order chi connectivity index (χ0) is 7.40. The van der Waals surface area contributed by atoms with E-state index in [-0.39, 0.29) is 11.9 Å². The van der Waals surface area contributed by atoms with Gasteiger partial charge in [-0.15, -0.1) is 0 Å². The molecule has 1 aliphatic carbocycles. The van der Waals surface area contributed by atoms with E-state index in [0.717, 1.165) is 25.2 Å².